The maximum Gasteiger partial charge on any atom is 0.302 e. The van der Waals surface area contributed by atoms with Gasteiger partial charge in [-0.25, -0.2) is 0 Å². The van der Waals surface area contributed by atoms with Crippen LogP contribution >= 0.6 is 0 Å². The fraction of sp³-hybridized carbons (Fsp3) is 0.467. The minimum atomic E-state index is -0.644. The molecule has 24 heavy (non-hydrogen) atoms. The zero-order valence-electron chi connectivity index (χ0n) is 13.6. The van der Waals surface area contributed by atoms with Crippen LogP contribution in [0.1, 0.15) is 23.7 Å². The van der Waals surface area contributed by atoms with Gasteiger partial charge < -0.3 is 19.1 Å². The van der Waals surface area contributed by atoms with Gasteiger partial charge in [-0.1, -0.05) is 0 Å². The molecule has 0 aromatic heterocycles. The molecule has 0 aliphatic carbocycles. The Morgan fingerprint density at radius 1 is 1.25 bits per heavy atom. The summed E-state index contributed by atoms with van der Waals surface area (Å²) in [6.45, 7) is 1.84. The van der Waals surface area contributed by atoms with E-state index in [0.29, 0.717) is 13.0 Å². The first-order valence-electron chi connectivity index (χ1n) is 7.24. The largest absolute Gasteiger partial charge is 0.493 e. The van der Waals surface area contributed by atoms with Crippen LogP contribution in [0.4, 0.5) is 5.69 Å². The predicted octanol–water partition coefficient (Wildman–Crippen LogP) is 1.39. The summed E-state index contributed by atoms with van der Waals surface area (Å²) in [5, 5.41) is 11.3. The molecule has 1 fully saturated rings. The third kappa shape index (κ3) is 3.55. The molecule has 9 nitrogen and oxygen atoms in total. The number of ether oxygens (including phenoxy) is 3. The Hall–Kier alpha value is -2.84. The molecule has 0 radical (unpaired) electrons. The summed E-state index contributed by atoms with van der Waals surface area (Å²) in [6.07, 6.45) is 0.0949. The van der Waals surface area contributed by atoms with Crippen LogP contribution in [0.25, 0.3) is 0 Å². The van der Waals surface area contributed by atoms with Gasteiger partial charge in [-0.2, -0.15) is 0 Å². The molecule has 1 atom stereocenters. The van der Waals surface area contributed by atoms with Crippen molar-refractivity contribution in [1.29, 1.82) is 0 Å². The number of nitro benzene ring substituents is 1. The number of nitro groups is 1. The van der Waals surface area contributed by atoms with Crippen LogP contribution in [0.2, 0.25) is 0 Å². The van der Waals surface area contributed by atoms with Crippen molar-refractivity contribution in [3.63, 3.8) is 0 Å². The fourth-order valence-corrected chi connectivity index (χ4v) is 2.60. The van der Waals surface area contributed by atoms with Gasteiger partial charge in [-0.15, -0.1) is 0 Å². The maximum atomic E-state index is 12.7. The molecule has 1 saturated heterocycles. The number of likely N-dealkylation sites (tertiary alicyclic amines) is 1. The minimum absolute atomic E-state index is 0.0962. The molecule has 0 bridgehead atoms. The zero-order valence-corrected chi connectivity index (χ0v) is 13.6. The number of benzene rings is 1. The van der Waals surface area contributed by atoms with Crippen molar-refractivity contribution >= 4 is 17.6 Å². The van der Waals surface area contributed by atoms with Crippen molar-refractivity contribution in [1.82, 2.24) is 4.90 Å². The Morgan fingerprint density at radius 2 is 1.88 bits per heavy atom. The SMILES string of the molecule is COc1cc(C(=O)N2CC[C@@H](OC(C)=O)C2)c([N+](=O)[O-])cc1OC. The molecule has 1 aromatic carbocycles. The lowest BCUT2D eigenvalue weighted by molar-refractivity contribution is -0.385. The average Bonchev–Trinajstić information content (AvgIpc) is 3.00. The van der Waals surface area contributed by atoms with Crippen LogP contribution in [0, 0.1) is 10.1 Å². The Balaban J connectivity index is 2.31. The molecule has 0 unspecified atom stereocenters. The highest BCUT2D eigenvalue weighted by molar-refractivity contribution is 5.99. The van der Waals surface area contributed by atoms with Crippen LogP contribution in [0.15, 0.2) is 12.1 Å². The van der Waals surface area contributed by atoms with Crippen LogP contribution in [-0.2, 0) is 9.53 Å². The van der Waals surface area contributed by atoms with Gasteiger partial charge in [-0.05, 0) is 0 Å². The van der Waals surface area contributed by atoms with Crippen LogP contribution in [-0.4, -0.2) is 55.1 Å². The Labute approximate surface area is 138 Å². The number of carbonyl (C=O) groups excluding carboxylic acids is 2. The van der Waals surface area contributed by atoms with E-state index in [1.165, 1.54) is 32.1 Å². The summed E-state index contributed by atoms with van der Waals surface area (Å²) in [6, 6.07) is 2.45. The summed E-state index contributed by atoms with van der Waals surface area (Å²) < 4.78 is 15.2. The van der Waals surface area contributed by atoms with E-state index in [-0.39, 0.29) is 29.3 Å². The van der Waals surface area contributed by atoms with Crippen molar-refractivity contribution in [2.45, 2.75) is 19.4 Å². The van der Waals surface area contributed by atoms with Crippen molar-refractivity contribution in [2.24, 2.45) is 0 Å². The predicted molar refractivity (Wildman–Crippen MR) is 82.3 cm³/mol. The molecule has 0 saturated carbocycles. The standard InChI is InChI=1S/C15H18N2O7/c1-9(18)24-10-4-5-16(8-10)15(19)11-6-13(22-2)14(23-3)7-12(11)17(20)21/h6-7,10H,4-5,8H2,1-3H3/t10-/m1/s1. The van der Waals surface area contributed by atoms with E-state index >= 15 is 0 Å². The quantitative estimate of drug-likeness (QED) is 0.453. The molecular weight excluding hydrogens is 320 g/mol. The number of esters is 1. The van der Waals surface area contributed by atoms with E-state index in [0.717, 1.165) is 6.07 Å². The second-order valence-electron chi connectivity index (χ2n) is 5.25. The first kappa shape index (κ1) is 17.5. The number of carbonyl (C=O) groups is 2. The van der Waals surface area contributed by atoms with Gasteiger partial charge in [-0.3, -0.25) is 19.7 Å². The third-order valence-electron chi connectivity index (χ3n) is 3.69. The highest BCUT2D eigenvalue weighted by Crippen LogP contribution is 2.35. The van der Waals surface area contributed by atoms with Crippen molar-refractivity contribution < 1.29 is 28.7 Å². The molecule has 1 amide bonds. The zero-order chi connectivity index (χ0) is 17.9. The summed E-state index contributed by atoms with van der Waals surface area (Å²) in [7, 11) is 2.73. The van der Waals surface area contributed by atoms with E-state index in [1.807, 2.05) is 0 Å². The number of rotatable bonds is 5. The second kappa shape index (κ2) is 7.16. The molecule has 0 spiro atoms. The Bertz CT molecular complexity index is 674. The van der Waals surface area contributed by atoms with E-state index in [1.54, 1.807) is 0 Å². The van der Waals surface area contributed by atoms with Crippen LogP contribution in [0.3, 0.4) is 0 Å². The molecule has 1 aliphatic rings. The maximum absolute atomic E-state index is 12.7. The van der Waals surface area contributed by atoms with Crippen LogP contribution in [0.5, 0.6) is 11.5 Å². The van der Waals surface area contributed by atoms with Gasteiger partial charge in [0, 0.05) is 26.0 Å². The molecular formula is C15H18N2O7. The number of hydrogen-bond donors (Lipinski definition) is 0. The van der Waals surface area contributed by atoms with Crippen LogP contribution < -0.4 is 9.47 Å². The molecule has 1 aromatic rings. The molecule has 1 heterocycles. The van der Waals surface area contributed by atoms with E-state index in [4.69, 9.17) is 14.2 Å². The lowest BCUT2D eigenvalue weighted by Crippen LogP contribution is -2.31. The lowest BCUT2D eigenvalue weighted by Gasteiger charge is -2.17. The second-order valence-corrected chi connectivity index (χ2v) is 5.25. The number of amides is 1. The van der Waals surface area contributed by atoms with Gasteiger partial charge >= 0.3 is 5.97 Å². The first-order chi connectivity index (χ1) is 11.4. The van der Waals surface area contributed by atoms with Gasteiger partial charge in [0.1, 0.15) is 11.7 Å². The Kier molecular flexibility index (Phi) is 5.22. The van der Waals surface area contributed by atoms with Gasteiger partial charge in [0.25, 0.3) is 11.6 Å². The van der Waals surface area contributed by atoms with Crippen molar-refractivity contribution in [3.05, 3.63) is 27.8 Å². The summed E-state index contributed by atoms with van der Waals surface area (Å²) in [5.74, 6) is -0.550. The topological polar surface area (TPSA) is 108 Å². The smallest absolute Gasteiger partial charge is 0.302 e. The van der Waals surface area contributed by atoms with Crippen molar-refractivity contribution in [2.75, 3.05) is 27.3 Å². The van der Waals surface area contributed by atoms with Gasteiger partial charge in [0.15, 0.2) is 11.5 Å². The Morgan fingerprint density at radius 3 is 2.42 bits per heavy atom. The summed E-state index contributed by atoms with van der Waals surface area (Å²) in [5.41, 5.74) is -0.463. The fourth-order valence-electron chi connectivity index (χ4n) is 2.60. The van der Waals surface area contributed by atoms with Crippen molar-refractivity contribution in [3.8, 4) is 11.5 Å². The van der Waals surface area contributed by atoms with E-state index in [9.17, 15) is 19.7 Å². The minimum Gasteiger partial charge on any atom is -0.493 e. The van der Waals surface area contributed by atoms with E-state index in [2.05, 4.69) is 0 Å². The first-order valence-corrected chi connectivity index (χ1v) is 7.24. The number of nitrogens with zero attached hydrogens (tertiary/aromatic N) is 2. The third-order valence-corrected chi connectivity index (χ3v) is 3.69. The summed E-state index contributed by atoms with van der Waals surface area (Å²) in [4.78, 5) is 35.7. The molecule has 2 rings (SSSR count). The molecule has 0 N–H and O–H groups in total. The molecule has 130 valence electrons. The number of hydrogen-bond acceptors (Lipinski definition) is 7. The lowest BCUT2D eigenvalue weighted by atomic mass is 10.1. The molecule has 9 heteroatoms. The monoisotopic (exact) mass is 338 g/mol. The number of methoxy groups -OCH3 is 2. The van der Waals surface area contributed by atoms with Gasteiger partial charge in [0.2, 0.25) is 0 Å². The normalized spacial score (nSPS) is 16.6. The highest BCUT2D eigenvalue weighted by Gasteiger charge is 2.33. The molecule has 1 aliphatic heterocycles. The average molecular weight is 338 g/mol. The van der Waals surface area contributed by atoms with Gasteiger partial charge in [0.05, 0.1) is 31.8 Å². The summed E-state index contributed by atoms with van der Waals surface area (Å²) >= 11 is 0. The van der Waals surface area contributed by atoms with E-state index < -0.39 is 22.9 Å². The highest BCUT2D eigenvalue weighted by atomic mass is 16.6.